The predicted molar refractivity (Wildman–Crippen MR) is 103 cm³/mol. The van der Waals surface area contributed by atoms with Crippen LogP contribution in [0.3, 0.4) is 0 Å². The molecule has 3 rings (SSSR count). The van der Waals surface area contributed by atoms with E-state index in [1.54, 1.807) is 17.5 Å². The molecule has 1 heterocycles. The molecule has 0 fully saturated rings. The molecule has 0 bridgehead atoms. The molecule has 2 aromatic carbocycles. The molecule has 0 saturated carbocycles. The first-order chi connectivity index (χ1) is 12.1. The molecule has 0 aliphatic carbocycles. The number of nitrogens with one attached hydrogen (secondary N) is 1. The Kier molecular flexibility index (Phi) is 5.61. The van der Waals surface area contributed by atoms with Gasteiger partial charge in [0, 0.05) is 17.1 Å². The summed E-state index contributed by atoms with van der Waals surface area (Å²) in [5, 5.41) is 5.94. The molecule has 0 saturated heterocycles. The van der Waals surface area contributed by atoms with Crippen LogP contribution >= 0.6 is 11.3 Å². The van der Waals surface area contributed by atoms with Crippen molar-refractivity contribution in [2.24, 2.45) is 5.92 Å². The molecule has 0 spiro atoms. The van der Waals surface area contributed by atoms with Crippen LogP contribution in [0.5, 0.6) is 0 Å². The van der Waals surface area contributed by atoms with E-state index in [1.807, 2.05) is 60.0 Å². The van der Waals surface area contributed by atoms with Crippen LogP contribution < -0.4 is 5.32 Å². The van der Waals surface area contributed by atoms with E-state index in [0.29, 0.717) is 11.5 Å². The van der Waals surface area contributed by atoms with Crippen molar-refractivity contribution >= 4 is 17.2 Å². The highest BCUT2D eigenvalue weighted by Gasteiger charge is 2.19. The van der Waals surface area contributed by atoms with Crippen molar-refractivity contribution in [1.82, 2.24) is 10.3 Å². The average Bonchev–Trinajstić information content (AvgIpc) is 3.14. The summed E-state index contributed by atoms with van der Waals surface area (Å²) in [5.41, 5.74) is 2.96. The minimum absolute atomic E-state index is 0.0832. The Labute approximate surface area is 152 Å². The fourth-order valence-electron chi connectivity index (χ4n) is 2.79. The molecule has 1 unspecified atom stereocenters. The Bertz CT molecular complexity index is 796. The van der Waals surface area contributed by atoms with Gasteiger partial charge in [-0.1, -0.05) is 56.3 Å². The van der Waals surface area contributed by atoms with Crippen LogP contribution in [0, 0.1) is 5.92 Å². The number of thiazole rings is 1. The Hall–Kier alpha value is -2.46. The quantitative estimate of drug-likeness (QED) is 0.690. The summed E-state index contributed by atoms with van der Waals surface area (Å²) in [6, 6.07) is 17.6. The molecule has 1 aromatic heterocycles. The van der Waals surface area contributed by atoms with Gasteiger partial charge in [-0.05, 0) is 35.6 Å². The standard InChI is InChI=1S/C21H22N2OS/c1-15(2)14-16-8-10-18(11-9-16)20(24)23-19(21-22-12-13-25-21)17-6-4-3-5-7-17/h3-13,15,19H,14H2,1-2H3,(H,23,24). The highest BCUT2D eigenvalue weighted by molar-refractivity contribution is 7.09. The van der Waals surface area contributed by atoms with Crippen LogP contribution in [0.25, 0.3) is 0 Å². The smallest absolute Gasteiger partial charge is 0.252 e. The molecule has 128 valence electrons. The molecule has 3 nitrogen and oxygen atoms in total. The van der Waals surface area contributed by atoms with Crippen LogP contribution in [-0.4, -0.2) is 10.9 Å². The third-order valence-corrected chi connectivity index (χ3v) is 4.81. The number of hydrogen-bond donors (Lipinski definition) is 1. The molecule has 4 heteroatoms. The van der Waals surface area contributed by atoms with Crippen molar-refractivity contribution in [2.45, 2.75) is 26.3 Å². The van der Waals surface area contributed by atoms with Crippen molar-refractivity contribution in [3.05, 3.63) is 87.9 Å². The van der Waals surface area contributed by atoms with Crippen molar-refractivity contribution in [2.75, 3.05) is 0 Å². The number of amides is 1. The Balaban J connectivity index is 1.79. The van der Waals surface area contributed by atoms with E-state index in [-0.39, 0.29) is 11.9 Å². The summed E-state index contributed by atoms with van der Waals surface area (Å²) in [6.07, 6.45) is 2.79. The van der Waals surface area contributed by atoms with Crippen LogP contribution in [0.2, 0.25) is 0 Å². The lowest BCUT2D eigenvalue weighted by Crippen LogP contribution is -2.29. The summed E-state index contributed by atoms with van der Waals surface area (Å²) < 4.78 is 0. The number of nitrogens with zero attached hydrogens (tertiary/aromatic N) is 1. The van der Waals surface area contributed by atoms with Gasteiger partial charge in [0.1, 0.15) is 11.0 Å². The summed E-state index contributed by atoms with van der Waals surface area (Å²) in [6.45, 7) is 4.39. The van der Waals surface area contributed by atoms with Gasteiger partial charge in [-0.15, -0.1) is 11.3 Å². The summed E-state index contributed by atoms with van der Waals surface area (Å²) >= 11 is 1.55. The third kappa shape index (κ3) is 4.54. The summed E-state index contributed by atoms with van der Waals surface area (Å²) in [5.74, 6) is 0.521. The van der Waals surface area contributed by atoms with Gasteiger partial charge in [-0.2, -0.15) is 0 Å². The first kappa shape index (κ1) is 17.4. The van der Waals surface area contributed by atoms with Crippen molar-refractivity contribution in [3.8, 4) is 0 Å². The van der Waals surface area contributed by atoms with Crippen LogP contribution in [-0.2, 0) is 6.42 Å². The molecule has 1 N–H and O–H groups in total. The zero-order valence-corrected chi connectivity index (χ0v) is 15.3. The molecular weight excluding hydrogens is 328 g/mol. The number of carbonyl (C=O) groups excluding carboxylic acids is 1. The van der Waals surface area contributed by atoms with Gasteiger partial charge in [0.2, 0.25) is 0 Å². The zero-order chi connectivity index (χ0) is 17.6. The second kappa shape index (κ2) is 8.08. The Morgan fingerprint density at radius 1 is 1.08 bits per heavy atom. The first-order valence-electron chi connectivity index (χ1n) is 8.47. The van der Waals surface area contributed by atoms with Crippen molar-refractivity contribution in [1.29, 1.82) is 0 Å². The largest absolute Gasteiger partial charge is 0.339 e. The Morgan fingerprint density at radius 3 is 2.40 bits per heavy atom. The van der Waals surface area contributed by atoms with Gasteiger partial charge in [0.05, 0.1) is 0 Å². The number of hydrogen-bond acceptors (Lipinski definition) is 3. The van der Waals surface area contributed by atoms with Crippen molar-refractivity contribution < 1.29 is 4.79 Å². The lowest BCUT2D eigenvalue weighted by Gasteiger charge is -2.17. The second-order valence-corrected chi connectivity index (χ2v) is 7.41. The first-order valence-corrected chi connectivity index (χ1v) is 9.35. The molecular formula is C21H22N2OS. The number of rotatable bonds is 6. The third-order valence-electron chi connectivity index (χ3n) is 3.97. The topological polar surface area (TPSA) is 42.0 Å². The fourth-order valence-corrected chi connectivity index (χ4v) is 3.50. The molecule has 25 heavy (non-hydrogen) atoms. The van der Waals surface area contributed by atoms with E-state index >= 15 is 0 Å². The lowest BCUT2D eigenvalue weighted by atomic mass is 10.0. The molecule has 1 atom stereocenters. The maximum absolute atomic E-state index is 12.7. The van der Waals surface area contributed by atoms with E-state index in [2.05, 4.69) is 24.1 Å². The van der Waals surface area contributed by atoms with Gasteiger partial charge in [-0.3, -0.25) is 4.79 Å². The van der Waals surface area contributed by atoms with E-state index in [1.165, 1.54) is 5.56 Å². The fraction of sp³-hybridized carbons (Fsp3) is 0.238. The lowest BCUT2D eigenvalue weighted by molar-refractivity contribution is 0.0943. The second-order valence-electron chi connectivity index (χ2n) is 6.48. The van der Waals surface area contributed by atoms with E-state index in [0.717, 1.165) is 17.0 Å². The maximum atomic E-state index is 12.7. The number of carbonyl (C=O) groups is 1. The predicted octanol–water partition coefficient (Wildman–Crippen LogP) is 4.86. The van der Waals surface area contributed by atoms with E-state index in [4.69, 9.17) is 0 Å². The minimum atomic E-state index is -0.232. The summed E-state index contributed by atoms with van der Waals surface area (Å²) in [7, 11) is 0. The highest BCUT2D eigenvalue weighted by Crippen LogP contribution is 2.24. The Morgan fingerprint density at radius 2 is 1.80 bits per heavy atom. The van der Waals surface area contributed by atoms with Gasteiger partial charge in [0.15, 0.2) is 0 Å². The van der Waals surface area contributed by atoms with E-state index < -0.39 is 0 Å². The monoisotopic (exact) mass is 350 g/mol. The zero-order valence-electron chi connectivity index (χ0n) is 14.5. The van der Waals surface area contributed by atoms with Crippen LogP contribution in [0.4, 0.5) is 0 Å². The van der Waals surface area contributed by atoms with Gasteiger partial charge in [-0.25, -0.2) is 4.98 Å². The van der Waals surface area contributed by atoms with Gasteiger partial charge in [0.25, 0.3) is 5.91 Å². The number of aromatic nitrogens is 1. The number of benzene rings is 2. The van der Waals surface area contributed by atoms with Gasteiger partial charge >= 0.3 is 0 Å². The van der Waals surface area contributed by atoms with Crippen molar-refractivity contribution in [3.63, 3.8) is 0 Å². The molecule has 3 aromatic rings. The summed E-state index contributed by atoms with van der Waals surface area (Å²) in [4.78, 5) is 17.1. The average molecular weight is 350 g/mol. The maximum Gasteiger partial charge on any atom is 0.252 e. The highest BCUT2D eigenvalue weighted by atomic mass is 32.1. The molecule has 0 radical (unpaired) electrons. The normalized spacial score (nSPS) is 12.1. The molecule has 0 aliphatic heterocycles. The van der Waals surface area contributed by atoms with Crippen LogP contribution in [0.15, 0.2) is 66.2 Å². The minimum Gasteiger partial charge on any atom is -0.339 e. The van der Waals surface area contributed by atoms with Crippen LogP contribution in [0.1, 0.15) is 46.4 Å². The molecule has 1 amide bonds. The molecule has 0 aliphatic rings. The SMILES string of the molecule is CC(C)Cc1ccc(C(=O)NC(c2ccccc2)c2nccs2)cc1. The van der Waals surface area contributed by atoms with Gasteiger partial charge < -0.3 is 5.32 Å². The van der Waals surface area contributed by atoms with E-state index in [9.17, 15) is 4.79 Å².